The van der Waals surface area contributed by atoms with Crippen LogP contribution in [0.25, 0.3) is 10.2 Å². The number of benzene rings is 2. The van der Waals surface area contributed by atoms with Crippen LogP contribution in [0.3, 0.4) is 0 Å². The number of nitrogens with two attached hydrogens (primary N) is 1. The highest BCUT2D eigenvalue weighted by atomic mass is 32.1. The molecule has 2 amide bonds. The first-order valence-electron chi connectivity index (χ1n) is 5.89. The summed E-state index contributed by atoms with van der Waals surface area (Å²) in [6.45, 7) is 0. The van der Waals surface area contributed by atoms with Crippen molar-refractivity contribution in [1.29, 1.82) is 0 Å². The van der Waals surface area contributed by atoms with E-state index in [2.05, 4.69) is 4.98 Å². The van der Waals surface area contributed by atoms with Gasteiger partial charge in [0.2, 0.25) is 0 Å². The molecule has 0 saturated carbocycles. The van der Waals surface area contributed by atoms with Crippen molar-refractivity contribution in [3.8, 4) is 5.75 Å². The first kappa shape index (κ1) is 12.4. The Morgan fingerprint density at radius 2 is 1.95 bits per heavy atom. The number of rotatable bonds is 2. The van der Waals surface area contributed by atoms with E-state index in [0.717, 1.165) is 4.70 Å². The van der Waals surface area contributed by atoms with Gasteiger partial charge in [0.1, 0.15) is 5.75 Å². The maximum absolute atomic E-state index is 11.7. The van der Waals surface area contributed by atoms with Crippen molar-refractivity contribution in [3.05, 3.63) is 48.5 Å². The van der Waals surface area contributed by atoms with E-state index in [1.54, 1.807) is 30.3 Å². The molecule has 3 aromatic rings. The third-order valence-corrected chi connectivity index (χ3v) is 3.79. The number of aromatic nitrogens is 1. The SMILES string of the molecule is NC(=O)N(c1ccccc1)c1nc2ccc(O)cc2s1. The second-order valence-corrected chi connectivity index (χ2v) is 5.17. The molecule has 1 heterocycles. The molecule has 0 aliphatic rings. The summed E-state index contributed by atoms with van der Waals surface area (Å²) < 4.78 is 0.794. The number of hydrogen-bond acceptors (Lipinski definition) is 4. The van der Waals surface area contributed by atoms with Gasteiger partial charge in [0, 0.05) is 0 Å². The molecule has 100 valence electrons. The van der Waals surface area contributed by atoms with Crippen LogP contribution in [0, 0.1) is 0 Å². The Labute approximate surface area is 118 Å². The number of primary amides is 1. The minimum atomic E-state index is -0.598. The number of hydrogen-bond donors (Lipinski definition) is 2. The van der Waals surface area contributed by atoms with Crippen LogP contribution in [0.1, 0.15) is 0 Å². The van der Waals surface area contributed by atoms with Crippen molar-refractivity contribution < 1.29 is 9.90 Å². The molecule has 0 atom stereocenters. The van der Waals surface area contributed by atoms with Gasteiger partial charge < -0.3 is 10.8 Å². The first-order chi connectivity index (χ1) is 9.65. The lowest BCUT2D eigenvalue weighted by atomic mass is 10.3. The average molecular weight is 285 g/mol. The van der Waals surface area contributed by atoms with Crippen LogP contribution >= 0.6 is 11.3 Å². The van der Waals surface area contributed by atoms with Crippen LogP contribution in [0.2, 0.25) is 0 Å². The highest BCUT2D eigenvalue weighted by Crippen LogP contribution is 2.34. The molecule has 3 rings (SSSR count). The average Bonchev–Trinajstić information content (AvgIpc) is 2.82. The maximum Gasteiger partial charge on any atom is 0.325 e. The van der Waals surface area contributed by atoms with E-state index in [4.69, 9.17) is 5.73 Å². The molecule has 1 aromatic heterocycles. The molecule has 3 N–H and O–H groups in total. The number of amides is 2. The number of anilines is 2. The maximum atomic E-state index is 11.7. The zero-order chi connectivity index (χ0) is 14.1. The van der Waals surface area contributed by atoms with Crippen LogP contribution in [0.5, 0.6) is 5.75 Å². The minimum Gasteiger partial charge on any atom is -0.508 e. The number of fused-ring (bicyclic) bond motifs is 1. The molecular formula is C14H11N3O2S. The van der Waals surface area contributed by atoms with Crippen molar-refractivity contribution in [2.75, 3.05) is 4.90 Å². The van der Waals surface area contributed by atoms with Crippen LogP contribution in [0.4, 0.5) is 15.6 Å². The molecule has 0 fully saturated rings. The third-order valence-electron chi connectivity index (χ3n) is 2.79. The quantitative estimate of drug-likeness (QED) is 0.758. The van der Waals surface area contributed by atoms with Crippen molar-refractivity contribution in [3.63, 3.8) is 0 Å². The Hall–Kier alpha value is -2.60. The number of aromatic hydroxyl groups is 1. The number of carbonyl (C=O) groups is 1. The van der Waals surface area contributed by atoms with Gasteiger partial charge in [-0.1, -0.05) is 29.5 Å². The van der Waals surface area contributed by atoms with E-state index in [1.165, 1.54) is 16.2 Å². The summed E-state index contributed by atoms with van der Waals surface area (Å²) >= 11 is 1.30. The molecule has 0 aliphatic carbocycles. The summed E-state index contributed by atoms with van der Waals surface area (Å²) in [6.07, 6.45) is 0. The summed E-state index contributed by atoms with van der Waals surface area (Å²) in [5, 5.41) is 9.95. The fourth-order valence-electron chi connectivity index (χ4n) is 1.91. The lowest BCUT2D eigenvalue weighted by Gasteiger charge is -2.16. The zero-order valence-electron chi connectivity index (χ0n) is 10.4. The summed E-state index contributed by atoms with van der Waals surface area (Å²) in [5.41, 5.74) is 6.83. The molecule has 0 radical (unpaired) electrons. The van der Waals surface area contributed by atoms with Crippen LogP contribution in [0.15, 0.2) is 48.5 Å². The summed E-state index contributed by atoms with van der Waals surface area (Å²) in [5.74, 6) is 0.165. The van der Waals surface area contributed by atoms with Gasteiger partial charge in [0.15, 0.2) is 5.13 Å². The number of phenolic OH excluding ortho intramolecular Hbond substituents is 1. The van der Waals surface area contributed by atoms with E-state index >= 15 is 0 Å². The van der Waals surface area contributed by atoms with Crippen LogP contribution < -0.4 is 10.6 Å². The molecular weight excluding hydrogens is 274 g/mol. The van der Waals surface area contributed by atoms with Gasteiger partial charge in [0.25, 0.3) is 0 Å². The van der Waals surface area contributed by atoms with E-state index in [9.17, 15) is 9.90 Å². The summed E-state index contributed by atoms with van der Waals surface area (Å²) in [7, 11) is 0. The van der Waals surface area contributed by atoms with E-state index in [1.807, 2.05) is 18.2 Å². The topological polar surface area (TPSA) is 79.5 Å². The highest BCUT2D eigenvalue weighted by Gasteiger charge is 2.19. The van der Waals surface area contributed by atoms with Gasteiger partial charge in [0.05, 0.1) is 15.9 Å². The lowest BCUT2D eigenvalue weighted by molar-refractivity contribution is 0.256. The Morgan fingerprint density at radius 1 is 1.20 bits per heavy atom. The lowest BCUT2D eigenvalue weighted by Crippen LogP contribution is -2.31. The standard InChI is InChI=1S/C14H11N3O2S/c15-13(19)17(9-4-2-1-3-5-9)14-16-11-7-6-10(18)8-12(11)20-14/h1-8,18H,(H2,15,19). The number of nitrogens with zero attached hydrogens (tertiary/aromatic N) is 2. The molecule has 0 aliphatic heterocycles. The molecule has 0 spiro atoms. The largest absolute Gasteiger partial charge is 0.508 e. The van der Waals surface area contributed by atoms with E-state index in [-0.39, 0.29) is 5.75 Å². The molecule has 20 heavy (non-hydrogen) atoms. The predicted octanol–water partition coefficient (Wildman–Crippen LogP) is 3.22. The van der Waals surface area contributed by atoms with Crippen LogP contribution in [-0.2, 0) is 0 Å². The van der Waals surface area contributed by atoms with Crippen molar-refractivity contribution in [2.45, 2.75) is 0 Å². The molecule has 0 unspecified atom stereocenters. The zero-order valence-corrected chi connectivity index (χ0v) is 11.2. The molecule has 6 heteroatoms. The third kappa shape index (κ3) is 2.17. The minimum absolute atomic E-state index is 0.165. The Balaban J connectivity index is 2.13. The Bertz CT molecular complexity index is 770. The Morgan fingerprint density at radius 3 is 2.65 bits per heavy atom. The fraction of sp³-hybridized carbons (Fsp3) is 0. The fourth-order valence-corrected chi connectivity index (χ4v) is 2.93. The normalized spacial score (nSPS) is 10.6. The number of carbonyl (C=O) groups excluding carboxylic acids is 1. The van der Waals surface area contributed by atoms with Crippen molar-refractivity contribution in [2.24, 2.45) is 5.73 Å². The second-order valence-electron chi connectivity index (χ2n) is 4.16. The van der Waals surface area contributed by atoms with Gasteiger partial charge in [-0.2, -0.15) is 0 Å². The molecule has 0 saturated heterocycles. The number of para-hydroxylation sites is 1. The summed E-state index contributed by atoms with van der Waals surface area (Å²) in [4.78, 5) is 17.4. The van der Waals surface area contributed by atoms with Gasteiger partial charge in [-0.15, -0.1) is 0 Å². The smallest absolute Gasteiger partial charge is 0.325 e. The van der Waals surface area contributed by atoms with Gasteiger partial charge in [-0.05, 0) is 30.3 Å². The van der Waals surface area contributed by atoms with Crippen LogP contribution in [-0.4, -0.2) is 16.1 Å². The predicted molar refractivity (Wildman–Crippen MR) is 79.4 cm³/mol. The monoisotopic (exact) mass is 285 g/mol. The highest BCUT2D eigenvalue weighted by molar-refractivity contribution is 7.22. The first-order valence-corrected chi connectivity index (χ1v) is 6.71. The summed E-state index contributed by atoms with van der Waals surface area (Å²) in [6, 6.07) is 13.4. The van der Waals surface area contributed by atoms with Crippen molar-refractivity contribution in [1.82, 2.24) is 4.98 Å². The second kappa shape index (κ2) is 4.82. The number of urea groups is 1. The Kier molecular flexibility index (Phi) is 3.00. The van der Waals surface area contributed by atoms with Crippen molar-refractivity contribution >= 4 is 38.4 Å². The van der Waals surface area contributed by atoms with E-state index < -0.39 is 6.03 Å². The number of phenols is 1. The van der Waals surface area contributed by atoms with E-state index in [0.29, 0.717) is 16.3 Å². The van der Waals surface area contributed by atoms with Gasteiger partial charge in [-0.3, -0.25) is 0 Å². The van der Waals surface area contributed by atoms with Gasteiger partial charge >= 0.3 is 6.03 Å². The molecule has 0 bridgehead atoms. The molecule has 5 nitrogen and oxygen atoms in total. The number of thiazole rings is 1. The van der Waals surface area contributed by atoms with Gasteiger partial charge in [-0.25, -0.2) is 14.7 Å². The molecule has 2 aromatic carbocycles.